The molecule has 2 heterocycles. The molecule has 0 atom stereocenters. The second-order valence-electron chi connectivity index (χ2n) is 5.45. The maximum Gasteiger partial charge on any atom is 0.677 e. The second-order valence-corrected chi connectivity index (χ2v) is 5.45. The van der Waals surface area contributed by atoms with Gasteiger partial charge in [0.1, 0.15) is 0 Å². The molecule has 2 nitrogen and oxygen atoms in total. The fraction of sp³-hybridized carbons (Fsp3) is 0.353. The van der Waals surface area contributed by atoms with Crippen LogP contribution in [0.15, 0.2) is 21.8 Å². The molecular formula is C17H19BF2N2. The topological polar surface area (TPSA) is 17.3 Å². The highest BCUT2D eigenvalue weighted by Gasteiger charge is 2.27. The first kappa shape index (κ1) is 16.3. The van der Waals surface area contributed by atoms with Crippen LogP contribution in [0.1, 0.15) is 43.3 Å². The van der Waals surface area contributed by atoms with Crippen LogP contribution in [0.2, 0.25) is 0 Å². The van der Waals surface area contributed by atoms with Crippen molar-refractivity contribution >= 4 is 19.2 Å². The third-order valence-corrected chi connectivity index (χ3v) is 4.27. The molecule has 1 aliphatic rings. The smallest absolute Gasteiger partial charge is 0.329 e. The molecule has 0 unspecified atom stereocenters. The summed E-state index contributed by atoms with van der Waals surface area (Å²) in [5.74, 6) is 2.61. The molecule has 1 aliphatic heterocycles. The quantitative estimate of drug-likeness (QED) is 0.588. The first-order valence-corrected chi connectivity index (χ1v) is 7.27. The number of aromatic nitrogens is 1. The van der Waals surface area contributed by atoms with Crippen LogP contribution in [0.3, 0.4) is 0 Å². The lowest BCUT2D eigenvalue weighted by Crippen LogP contribution is -2.16. The van der Waals surface area contributed by atoms with Crippen LogP contribution in [-0.4, -0.2) is 17.6 Å². The van der Waals surface area contributed by atoms with Gasteiger partial charge < -0.3 is 4.48 Å². The SMILES string of the molecule is C#CC1=C(C)/C(=C/c2c(C)c(CC)c(C)n2B(F)F)N=C1C. The Hall–Kier alpha value is -2.09. The molecule has 5 heteroatoms. The van der Waals surface area contributed by atoms with E-state index < -0.39 is 7.40 Å². The minimum atomic E-state index is -2.58. The van der Waals surface area contributed by atoms with E-state index in [-0.39, 0.29) is 0 Å². The summed E-state index contributed by atoms with van der Waals surface area (Å²) >= 11 is 0. The van der Waals surface area contributed by atoms with E-state index in [2.05, 4.69) is 10.9 Å². The molecule has 0 spiro atoms. The van der Waals surface area contributed by atoms with Gasteiger partial charge in [0.2, 0.25) is 0 Å². The van der Waals surface area contributed by atoms with Crippen LogP contribution < -0.4 is 0 Å². The van der Waals surface area contributed by atoms with Gasteiger partial charge in [0.05, 0.1) is 17.0 Å². The molecule has 0 aromatic carbocycles. The Balaban J connectivity index is 2.68. The van der Waals surface area contributed by atoms with E-state index in [1.54, 1.807) is 13.0 Å². The van der Waals surface area contributed by atoms with Gasteiger partial charge in [-0.05, 0) is 56.9 Å². The Morgan fingerprint density at radius 2 is 1.91 bits per heavy atom. The summed E-state index contributed by atoms with van der Waals surface area (Å²) in [4.78, 5) is 4.43. The highest BCUT2D eigenvalue weighted by Crippen LogP contribution is 2.31. The van der Waals surface area contributed by atoms with Gasteiger partial charge in [-0.1, -0.05) is 12.8 Å². The summed E-state index contributed by atoms with van der Waals surface area (Å²) < 4.78 is 28.0. The molecular weight excluding hydrogens is 281 g/mol. The highest BCUT2D eigenvalue weighted by molar-refractivity contribution is 6.41. The van der Waals surface area contributed by atoms with Crippen LogP contribution in [0.5, 0.6) is 0 Å². The lowest BCUT2D eigenvalue weighted by atomic mass is 10.0. The number of hydrogen-bond donors (Lipinski definition) is 0. The van der Waals surface area contributed by atoms with E-state index >= 15 is 0 Å². The van der Waals surface area contributed by atoms with Crippen molar-refractivity contribution in [3.05, 3.63) is 39.4 Å². The number of nitrogens with zero attached hydrogens (tertiary/aromatic N) is 2. The van der Waals surface area contributed by atoms with Crippen molar-refractivity contribution in [3.8, 4) is 12.3 Å². The molecule has 114 valence electrons. The largest absolute Gasteiger partial charge is 0.677 e. The summed E-state index contributed by atoms with van der Waals surface area (Å²) in [7, 11) is -2.58. The van der Waals surface area contributed by atoms with E-state index in [1.807, 2.05) is 27.7 Å². The molecule has 0 radical (unpaired) electrons. The van der Waals surface area contributed by atoms with Gasteiger partial charge in [-0.25, -0.2) is 0 Å². The van der Waals surface area contributed by atoms with E-state index in [0.717, 1.165) is 38.9 Å². The van der Waals surface area contributed by atoms with Crippen molar-refractivity contribution in [2.45, 2.75) is 41.0 Å². The fourth-order valence-electron chi connectivity index (χ4n) is 3.09. The van der Waals surface area contributed by atoms with Crippen LogP contribution in [-0.2, 0) is 6.42 Å². The number of halogens is 2. The average Bonchev–Trinajstić information content (AvgIpc) is 2.85. The first-order valence-electron chi connectivity index (χ1n) is 7.27. The predicted molar refractivity (Wildman–Crippen MR) is 89.3 cm³/mol. The van der Waals surface area contributed by atoms with Gasteiger partial charge in [-0.2, -0.15) is 0 Å². The standard InChI is InChI=1S/C17H19BF2N2/c1-7-14-10(3)16(21-12(14)5)9-17-11(4)15(8-2)13(6)22(17)18(19)20/h1,9H,8H2,2-6H3/b16-9-. The number of terminal acetylenes is 1. The molecule has 0 saturated heterocycles. The van der Waals surface area contributed by atoms with Gasteiger partial charge in [0.25, 0.3) is 0 Å². The van der Waals surface area contributed by atoms with Gasteiger partial charge in [-0.15, -0.1) is 6.42 Å². The Morgan fingerprint density at radius 1 is 1.27 bits per heavy atom. The number of aliphatic imine (C=N–C) groups is 1. The summed E-state index contributed by atoms with van der Waals surface area (Å²) in [5.41, 5.74) is 5.98. The lowest BCUT2D eigenvalue weighted by molar-refractivity contribution is 0.624. The molecule has 1 aromatic heterocycles. The van der Waals surface area contributed by atoms with Crippen molar-refractivity contribution in [3.63, 3.8) is 0 Å². The first-order chi connectivity index (χ1) is 10.3. The monoisotopic (exact) mass is 300 g/mol. The van der Waals surface area contributed by atoms with E-state index in [9.17, 15) is 8.63 Å². The van der Waals surface area contributed by atoms with Crippen LogP contribution in [0.25, 0.3) is 6.08 Å². The molecule has 0 amide bonds. The third-order valence-electron chi connectivity index (χ3n) is 4.27. The van der Waals surface area contributed by atoms with Gasteiger partial charge >= 0.3 is 7.40 Å². The maximum atomic E-state index is 13.5. The Bertz CT molecular complexity index is 759. The Labute approximate surface area is 130 Å². The van der Waals surface area contributed by atoms with E-state index in [4.69, 9.17) is 6.42 Å². The van der Waals surface area contributed by atoms with Crippen molar-refractivity contribution in [2.24, 2.45) is 4.99 Å². The van der Waals surface area contributed by atoms with Crippen LogP contribution in [0.4, 0.5) is 8.63 Å². The molecule has 2 rings (SSSR count). The number of allylic oxidation sites excluding steroid dienone is 2. The summed E-state index contributed by atoms with van der Waals surface area (Å²) in [6, 6.07) is 0. The molecule has 0 N–H and O–H groups in total. The van der Waals surface area contributed by atoms with E-state index in [0.29, 0.717) is 17.1 Å². The minimum Gasteiger partial charge on any atom is -0.329 e. The Morgan fingerprint density at radius 3 is 2.36 bits per heavy atom. The third kappa shape index (κ3) is 2.43. The summed E-state index contributed by atoms with van der Waals surface area (Å²) in [6.45, 7) is 9.30. The molecule has 1 aromatic rings. The van der Waals surface area contributed by atoms with Crippen LogP contribution >= 0.6 is 0 Å². The zero-order valence-corrected chi connectivity index (χ0v) is 13.6. The molecule has 0 saturated carbocycles. The van der Waals surface area contributed by atoms with Crippen molar-refractivity contribution in [2.75, 3.05) is 0 Å². The van der Waals surface area contributed by atoms with Gasteiger partial charge in [-0.3, -0.25) is 13.6 Å². The summed E-state index contributed by atoms with van der Waals surface area (Å²) in [6.07, 6.45) is 7.93. The second kappa shape index (κ2) is 5.96. The number of hydrogen-bond acceptors (Lipinski definition) is 1. The molecule has 0 bridgehead atoms. The Kier molecular flexibility index (Phi) is 4.41. The fourth-order valence-corrected chi connectivity index (χ4v) is 3.09. The predicted octanol–water partition coefficient (Wildman–Crippen LogP) is 4.20. The zero-order chi connectivity index (χ0) is 16.6. The molecule has 22 heavy (non-hydrogen) atoms. The summed E-state index contributed by atoms with van der Waals surface area (Å²) in [5, 5.41) is 0. The van der Waals surface area contributed by atoms with Gasteiger partial charge in [0, 0.05) is 11.4 Å². The van der Waals surface area contributed by atoms with Crippen molar-refractivity contribution in [1.29, 1.82) is 0 Å². The van der Waals surface area contributed by atoms with Crippen molar-refractivity contribution < 1.29 is 8.63 Å². The number of rotatable bonds is 3. The van der Waals surface area contributed by atoms with E-state index in [1.165, 1.54) is 0 Å². The zero-order valence-electron chi connectivity index (χ0n) is 13.6. The average molecular weight is 300 g/mol. The normalized spacial score (nSPS) is 16.3. The highest BCUT2D eigenvalue weighted by atomic mass is 19.2. The minimum absolute atomic E-state index is 0.508. The lowest BCUT2D eigenvalue weighted by Gasteiger charge is -2.06. The molecule has 0 fully saturated rings. The molecule has 0 aliphatic carbocycles. The van der Waals surface area contributed by atoms with Crippen molar-refractivity contribution in [1.82, 2.24) is 4.48 Å². The van der Waals surface area contributed by atoms with Gasteiger partial charge in [0.15, 0.2) is 0 Å². The van der Waals surface area contributed by atoms with Crippen LogP contribution in [0, 0.1) is 26.2 Å². The maximum absolute atomic E-state index is 13.5.